The summed E-state index contributed by atoms with van der Waals surface area (Å²) in [6.45, 7) is 2.19. The molecule has 2 aromatic carbocycles. The van der Waals surface area contributed by atoms with Crippen molar-refractivity contribution in [3.8, 4) is 0 Å². The molecule has 1 atom stereocenters. The number of imidazole rings is 1. The van der Waals surface area contributed by atoms with Gasteiger partial charge in [0.25, 0.3) is 0 Å². The molecule has 0 saturated carbocycles. The van der Waals surface area contributed by atoms with E-state index in [-0.39, 0.29) is 6.04 Å². The Labute approximate surface area is 134 Å². The van der Waals surface area contributed by atoms with E-state index < -0.39 is 0 Å². The second kappa shape index (κ2) is 6.08. The molecule has 0 aliphatic rings. The van der Waals surface area contributed by atoms with Crippen LogP contribution >= 0.6 is 23.2 Å². The highest BCUT2D eigenvalue weighted by Gasteiger charge is 2.15. The molecule has 108 valence electrons. The molecule has 0 saturated heterocycles. The Balaban J connectivity index is 2.02. The highest BCUT2D eigenvalue weighted by Crippen LogP contribution is 2.26. The van der Waals surface area contributed by atoms with Gasteiger partial charge >= 0.3 is 0 Å². The largest absolute Gasteiger partial charge is 0.324 e. The quantitative estimate of drug-likeness (QED) is 0.602. The van der Waals surface area contributed by atoms with Gasteiger partial charge in [0, 0.05) is 11.1 Å². The summed E-state index contributed by atoms with van der Waals surface area (Å²) in [4.78, 5) is 4.60. The molecule has 2 nitrogen and oxygen atoms in total. The van der Waals surface area contributed by atoms with E-state index in [9.17, 15) is 0 Å². The van der Waals surface area contributed by atoms with E-state index in [0.717, 1.165) is 23.3 Å². The van der Waals surface area contributed by atoms with Crippen LogP contribution in [0.15, 0.2) is 48.5 Å². The van der Waals surface area contributed by atoms with Gasteiger partial charge < -0.3 is 4.57 Å². The lowest BCUT2D eigenvalue weighted by Gasteiger charge is -2.17. The minimum Gasteiger partial charge on any atom is -0.324 e. The van der Waals surface area contributed by atoms with Crippen LogP contribution in [0.4, 0.5) is 0 Å². The summed E-state index contributed by atoms with van der Waals surface area (Å²) >= 11 is 12.1. The Bertz CT molecular complexity index is 750. The first-order valence-corrected chi connectivity index (χ1v) is 7.86. The van der Waals surface area contributed by atoms with Crippen molar-refractivity contribution >= 4 is 34.2 Å². The molecule has 0 amide bonds. The van der Waals surface area contributed by atoms with E-state index in [1.165, 1.54) is 5.56 Å². The van der Waals surface area contributed by atoms with Crippen LogP contribution in [0.25, 0.3) is 11.0 Å². The fraction of sp³-hybridized carbons (Fsp3) is 0.235. The molecule has 1 heterocycles. The predicted octanol–water partition coefficient (Wildman–Crippen LogP) is 5.23. The van der Waals surface area contributed by atoms with Crippen LogP contribution < -0.4 is 0 Å². The zero-order valence-electron chi connectivity index (χ0n) is 11.8. The van der Waals surface area contributed by atoms with Gasteiger partial charge in [-0.1, -0.05) is 41.9 Å². The van der Waals surface area contributed by atoms with Gasteiger partial charge in [-0.05, 0) is 37.1 Å². The van der Waals surface area contributed by atoms with Crippen LogP contribution in [0.5, 0.6) is 0 Å². The van der Waals surface area contributed by atoms with Crippen molar-refractivity contribution in [2.24, 2.45) is 0 Å². The molecule has 0 aliphatic carbocycles. The maximum Gasteiger partial charge on any atom is 0.125 e. The van der Waals surface area contributed by atoms with E-state index in [4.69, 9.17) is 23.2 Å². The summed E-state index contributed by atoms with van der Waals surface area (Å²) in [7, 11) is 0. The Hall–Kier alpha value is -1.51. The van der Waals surface area contributed by atoms with E-state index in [0.29, 0.717) is 10.9 Å². The van der Waals surface area contributed by atoms with Gasteiger partial charge in [0.15, 0.2) is 0 Å². The summed E-state index contributed by atoms with van der Waals surface area (Å²) < 4.78 is 2.21. The lowest BCUT2D eigenvalue weighted by atomic mass is 10.1. The Kier molecular flexibility index (Phi) is 4.18. The minimum atomic E-state index is 0.285. The van der Waals surface area contributed by atoms with Crippen LogP contribution in [0, 0.1) is 0 Å². The molecule has 21 heavy (non-hydrogen) atoms. The van der Waals surface area contributed by atoms with Gasteiger partial charge in [0.1, 0.15) is 5.82 Å². The molecule has 0 spiro atoms. The Morgan fingerprint density at radius 1 is 1.14 bits per heavy atom. The van der Waals surface area contributed by atoms with Gasteiger partial charge in [-0.15, -0.1) is 11.6 Å². The lowest BCUT2D eigenvalue weighted by molar-refractivity contribution is 0.543. The fourth-order valence-electron chi connectivity index (χ4n) is 2.75. The number of benzene rings is 2. The molecular weight excluding hydrogens is 303 g/mol. The topological polar surface area (TPSA) is 17.8 Å². The first-order chi connectivity index (χ1) is 10.2. The minimum absolute atomic E-state index is 0.285. The second-order valence-corrected chi connectivity index (χ2v) is 5.91. The van der Waals surface area contributed by atoms with Gasteiger partial charge in [-0.2, -0.15) is 0 Å². The number of halogens is 2. The molecule has 0 fully saturated rings. The summed E-state index contributed by atoms with van der Waals surface area (Å²) in [5, 5.41) is 0.698. The number of alkyl halides is 1. The van der Waals surface area contributed by atoms with Crippen molar-refractivity contribution in [2.75, 3.05) is 0 Å². The zero-order valence-corrected chi connectivity index (χ0v) is 13.3. The molecule has 4 heteroatoms. The summed E-state index contributed by atoms with van der Waals surface area (Å²) in [6.07, 6.45) is 0.943. The van der Waals surface area contributed by atoms with Gasteiger partial charge in [-0.3, -0.25) is 0 Å². The van der Waals surface area contributed by atoms with Crippen LogP contribution in [0.2, 0.25) is 5.02 Å². The first-order valence-electron chi connectivity index (χ1n) is 6.95. The van der Waals surface area contributed by atoms with E-state index in [1.54, 1.807) is 0 Å². The van der Waals surface area contributed by atoms with E-state index >= 15 is 0 Å². The number of fused-ring (bicyclic) bond motifs is 1. The van der Waals surface area contributed by atoms with Gasteiger partial charge in [-0.25, -0.2) is 4.98 Å². The van der Waals surface area contributed by atoms with Crippen molar-refractivity contribution in [2.45, 2.75) is 25.3 Å². The lowest BCUT2D eigenvalue weighted by Crippen LogP contribution is -2.11. The average molecular weight is 319 g/mol. The fourth-order valence-corrected chi connectivity index (χ4v) is 3.11. The van der Waals surface area contributed by atoms with Crippen molar-refractivity contribution in [3.05, 3.63) is 64.9 Å². The maximum absolute atomic E-state index is 6.07. The number of rotatable bonds is 4. The van der Waals surface area contributed by atoms with Crippen molar-refractivity contribution in [1.82, 2.24) is 9.55 Å². The van der Waals surface area contributed by atoms with Crippen LogP contribution in [0.1, 0.15) is 24.4 Å². The molecule has 0 radical (unpaired) electrons. The molecular formula is C17H16Cl2N2. The van der Waals surface area contributed by atoms with E-state index in [2.05, 4.69) is 40.7 Å². The molecule has 1 unspecified atom stereocenters. The van der Waals surface area contributed by atoms with Crippen molar-refractivity contribution in [1.29, 1.82) is 0 Å². The number of aromatic nitrogens is 2. The standard InChI is InChI=1S/C17H16Cl2N2/c1-12(9-13-5-3-2-4-6-13)21-16-8-7-14(19)10-15(16)20-17(21)11-18/h2-8,10,12H,9,11H2,1H3. The predicted molar refractivity (Wildman–Crippen MR) is 89.2 cm³/mol. The molecule has 3 rings (SSSR count). The third kappa shape index (κ3) is 2.92. The number of hydrogen-bond donors (Lipinski definition) is 0. The summed E-state index contributed by atoms with van der Waals surface area (Å²) in [5.41, 5.74) is 3.29. The van der Waals surface area contributed by atoms with Crippen LogP contribution in [-0.2, 0) is 12.3 Å². The van der Waals surface area contributed by atoms with Gasteiger partial charge in [0.2, 0.25) is 0 Å². The molecule has 1 aromatic heterocycles. The molecule has 0 bridgehead atoms. The van der Waals surface area contributed by atoms with Crippen molar-refractivity contribution < 1.29 is 0 Å². The average Bonchev–Trinajstić information content (AvgIpc) is 2.85. The number of hydrogen-bond acceptors (Lipinski definition) is 1. The number of nitrogens with zero attached hydrogens (tertiary/aromatic N) is 2. The zero-order chi connectivity index (χ0) is 14.8. The maximum atomic E-state index is 6.07. The summed E-state index contributed by atoms with van der Waals surface area (Å²) in [6, 6.07) is 16.5. The first kappa shape index (κ1) is 14.4. The monoisotopic (exact) mass is 318 g/mol. The Morgan fingerprint density at radius 3 is 2.62 bits per heavy atom. The van der Waals surface area contributed by atoms with E-state index in [1.807, 2.05) is 24.3 Å². The third-order valence-electron chi connectivity index (χ3n) is 3.66. The highest BCUT2D eigenvalue weighted by atomic mass is 35.5. The third-order valence-corrected chi connectivity index (χ3v) is 4.13. The molecule has 3 aromatic rings. The SMILES string of the molecule is CC(Cc1ccccc1)n1c(CCl)nc2cc(Cl)ccc21. The summed E-state index contributed by atoms with van der Waals surface area (Å²) in [5.74, 6) is 1.28. The van der Waals surface area contributed by atoms with Gasteiger partial charge in [0.05, 0.1) is 16.9 Å². The Morgan fingerprint density at radius 2 is 1.90 bits per heavy atom. The highest BCUT2D eigenvalue weighted by molar-refractivity contribution is 6.31. The molecule has 0 N–H and O–H groups in total. The smallest absolute Gasteiger partial charge is 0.125 e. The van der Waals surface area contributed by atoms with Crippen molar-refractivity contribution in [3.63, 3.8) is 0 Å². The molecule has 0 aliphatic heterocycles. The van der Waals surface area contributed by atoms with Crippen LogP contribution in [-0.4, -0.2) is 9.55 Å². The van der Waals surface area contributed by atoms with Crippen LogP contribution in [0.3, 0.4) is 0 Å². The normalized spacial score (nSPS) is 12.7. The second-order valence-electron chi connectivity index (χ2n) is 5.20.